The van der Waals surface area contributed by atoms with Gasteiger partial charge in [0.25, 0.3) is 11.7 Å². The van der Waals surface area contributed by atoms with Crippen molar-refractivity contribution in [1.82, 2.24) is 0 Å². The molecule has 3 aromatic rings. The van der Waals surface area contributed by atoms with Crippen LogP contribution in [0.4, 0.5) is 11.4 Å². The third-order valence-corrected chi connectivity index (χ3v) is 5.68. The average Bonchev–Trinajstić information content (AvgIpc) is 3.13. The van der Waals surface area contributed by atoms with Crippen molar-refractivity contribution in [2.45, 2.75) is 13.0 Å². The number of nitrogens with zero attached hydrogens (tertiary/aromatic N) is 1. The van der Waals surface area contributed by atoms with E-state index in [0.717, 1.165) is 0 Å². The molecule has 0 radical (unpaired) electrons. The maximum absolute atomic E-state index is 13.4. The molecular weight excluding hydrogens is 448 g/mol. The van der Waals surface area contributed by atoms with Crippen LogP contribution in [0.1, 0.15) is 24.1 Å². The lowest BCUT2D eigenvalue weighted by Crippen LogP contribution is -2.29. The molecule has 1 aliphatic heterocycles. The fourth-order valence-corrected chi connectivity index (χ4v) is 4.21. The molecule has 2 amide bonds. The van der Waals surface area contributed by atoms with E-state index in [9.17, 15) is 19.5 Å². The van der Waals surface area contributed by atoms with Crippen LogP contribution in [-0.4, -0.2) is 36.9 Å². The third kappa shape index (κ3) is 4.33. The molecule has 2 N–H and O–H groups in total. The van der Waals surface area contributed by atoms with Crippen molar-refractivity contribution in [3.8, 4) is 11.5 Å². The Morgan fingerprint density at radius 1 is 0.914 bits per heavy atom. The first kappa shape index (κ1) is 23.6. The van der Waals surface area contributed by atoms with E-state index in [-0.39, 0.29) is 22.8 Å². The molecule has 178 valence electrons. The summed E-state index contributed by atoms with van der Waals surface area (Å²) in [6.45, 7) is 1.38. The second-order valence-electron chi connectivity index (χ2n) is 7.84. The van der Waals surface area contributed by atoms with Crippen molar-refractivity contribution < 1.29 is 29.0 Å². The molecule has 0 bridgehead atoms. The van der Waals surface area contributed by atoms with E-state index in [0.29, 0.717) is 28.4 Å². The van der Waals surface area contributed by atoms with E-state index in [2.05, 4.69) is 5.32 Å². The monoisotopic (exact) mass is 472 g/mol. The number of Topliss-reactive ketones (excluding diaryl/α,β-unsaturated/α-hetero) is 1. The van der Waals surface area contributed by atoms with Crippen molar-refractivity contribution in [2.24, 2.45) is 0 Å². The minimum absolute atomic E-state index is 0.103. The number of aliphatic hydroxyl groups is 1. The largest absolute Gasteiger partial charge is 0.507 e. The third-order valence-electron chi connectivity index (χ3n) is 5.68. The van der Waals surface area contributed by atoms with Crippen molar-refractivity contribution in [2.75, 3.05) is 24.4 Å². The highest BCUT2D eigenvalue weighted by atomic mass is 16.5. The smallest absolute Gasteiger partial charge is 0.300 e. The van der Waals surface area contributed by atoms with E-state index < -0.39 is 17.7 Å². The zero-order chi connectivity index (χ0) is 25.1. The van der Waals surface area contributed by atoms with Crippen LogP contribution < -0.4 is 19.7 Å². The van der Waals surface area contributed by atoms with Gasteiger partial charge >= 0.3 is 0 Å². The van der Waals surface area contributed by atoms with Gasteiger partial charge in [-0.15, -0.1) is 0 Å². The summed E-state index contributed by atoms with van der Waals surface area (Å²) in [4.78, 5) is 39.7. The lowest BCUT2D eigenvalue weighted by atomic mass is 9.94. The highest BCUT2D eigenvalue weighted by Gasteiger charge is 2.48. The fraction of sp³-hybridized carbons (Fsp3) is 0.148. The van der Waals surface area contributed by atoms with E-state index in [4.69, 9.17) is 9.47 Å². The van der Waals surface area contributed by atoms with Crippen molar-refractivity contribution in [3.05, 3.63) is 89.5 Å². The van der Waals surface area contributed by atoms with Gasteiger partial charge in [0.1, 0.15) is 17.3 Å². The van der Waals surface area contributed by atoms with Gasteiger partial charge in [0.15, 0.2) is 0 Å². The molecule has 1 heterocycles. The minimum atomic E-state index is -0.997. The molecule has 8 heteroatoms. The van der Waals surface area contributed by atoms with E-state index in [1.807, 2.05) is 0 Å². The fourth-order valence-electron chi connectivity index (χ4n) is 4.21. The molecule has 3 aromatic carbocycles. The molecule has 0 aromatic heterocycles. The van der Waals surface area contributed by atoms with Gasteiger partial charge in [-0.25, -0.2) is 0 Å². The molecule has 1 fully saturated rings. The van der Waals surface area contributed by atoms with Crippen LogP contribution in [-0.2, 0) is 14.4 Å². The summed E-state index contributed by atoms with van der Waals surface area (Å²) in [5.41, 5.74) is 1.51. The Bertz CT molecular complexity index is 1350. The Labute approximate surface area is 202 Å². The number of amides is 2. The number of aliphatic hydroxyl groups excluding tert-OH is 1. The van der Waals surface area contributed by atoms with Gasteiger partial charge in [0, 0.05) is 23.9 Å². The maximum atomic E-state index is 13.4. The number of carbonyl (C=O) groups is 3. The van der Waals surface area contributed by atoms with Crippen LogP contribution in [0.5, 0.6) is 11.5 Å². The summed E-state index contributed by atoms with van der Waals surface area (Å²) in [5.74, 6) is -1.53. The van der Waals surface area contributed by atoms with Gasteiger partial charge in [-0.05, 0) is 36.4 Å². The Hall–Kier alpha value is -4.59. The van der Waals surface area contributed by atoms with Crippen LogP contribution in [0, 0.1) is 0 Å². The Morgan fingerprint density at radius 3 is 2.26 bits per heavy atom. The number of nitrogens with one attached hydrogen (secondary N) is 1. The van der Waals surface area contributed by atoms with Gasteiger partial charge in [-0.3, -0.25) is 19.3 Å². The van der Waals surface area contributed by atoms with E-state index in [1.165, 1.54) is 26.0 Å². The highest BCUT2D eigenvalue weighted by Crippen LogP contribution is 2.45. The van der Waals surface area contributed by atoms with Gasteiger partial charge in [0.2, 0.25) is 5.91 Å². The molecule has 0 aliphatic carbocycles. The maximum Gasteiger partial charge on any atom is 0.300 e. The van der Waals surface area contributed by atoms with Gasteiger partial charge in [0.05, 0.1) is 31.4 Å². The lowest BCUT2D eigenvalue weighted by molar-refractivity contribution is -0.132. The molecule has 1 unspecified atom stereocenters. The molecule has 0 spiro atoms. The van der Waals surface area contributed by atoms with Crippen molar-refractivity contribution >= 4 is 34.7 Å². The number of anilines is 2. The number of methoxy groups -OCH3 is 2. The van der Waals surface area contributed by atoms with E-state index >= 15 is 0 Å². The SMILES string of the molecule is COc1ccccc1/C(O)=C1\C(=O)C(=O)N(c2cccc(NC(C)=O)c2)C1c1ccccc1OC. The van der Waals surface area contributed by atoms with Gasteiger partial charge < -0.3 is 19.9 Å². The van der Waals surface area contributed by atoms with Gasteiger partial charge in [-0.1, -0.05) is 36.4 Å². The molecule has 35 heavy (non-hydrogen) atoms. The summed E-state index contributed by atoms with van der Waals surface area (Å²) in [6, 6.07) is 19.3. The highest BCUT2D eigenvalue weighted by molar-refractivity contribution is 6.51. The van der Waals surface area contributed by atoms with Crippen LogP contribution in [0.15, 0.2) is 78.4 Å². The Morgan fingerprint density at radius 2 is 1.57 bits per heavy atom. The normalized spacial score (nSPS) is 16.8. The Kier molecular flexibility index (Phi) is 6.55. The number of hydrogen-bond acceptors (Lipinski definition) is 6. The first-order valence-corrected chi connectivity index (χ1v) is 10.8. The predicted octanol–water partition coefficient (Wildman–Crippen LogP) is 4.29. The summed E-state index contributed by atoms with van der Waals surface area (Å²) in [7, 11) is 2.94. The van der Waals surface area contributed by atoms with Crippen molar-refractivity contribution in [1.29, 1.82) is 0 Å². The number of rotatable bonds is 6. The number of ether oxygens (including phenoxy) is 2. The number of para-hydroxylation sites is 2. The summed E-state index contributed by atoms with van der Waals surface area (Å²) in [6.07, 6.45) is 0. The predicted molar refractivity (Wildman–Crippen MR) is 132 cm³/mol. The first-order chi connectivity index (χ1) is 16.9. The first-order valence-electron chi connectivity index (χ1n) is 10.8. The van der Waals surface area contributed by atoms with Crippen LogP contribution in [0.25, 0.3) is 5.76 Å². The van der Waals surface area contributed by atoms with Crippen LogP contribution in [0.2, 0.25) is 0 Å². The number of hydrogen-bond donors (Lipinski definition) is 2. The van der Waals surface area contributed by atoms with Gasteiger partial charge in [-0.2, -0.15) is 0 Å². The molecule has 0 saturated carbocycles. The topological polar surface area (TPSA) is 105 Å². The zero-order valence-electron chi connectivity index (χ0n) is 19.4. The second kappa shape index (κ2) is 9.72. The number of benzene rings is 3. The standard InChI is InChI=1S/C27H24N2O6/c1-16(30)28-17-9-8-10-18(15-17)29-24(19-11-4-6-13-21(19)34-2)23(26(32)27(29)33)25(31)20-12-5-7-14-22(20)35-3/h4-15,24,31H,1-3H3,(H,28,30)/b25-23+. The summed E-state index contributed by atoms with van der Waals surface area (Å²) in [5, 5.41) is 14.0. The van der Waals surface area contributed by atoms with Crippen LogP contribution >= 0.6 is 0 Å². The van der Waals surface area contributed by atoms with Crippen LogP contribution in [0.3, 0.4) is 0 Å². The Balaban J connectivity index is 1.98. The molecule has 4 rings (SSSR count). The number of carbonyl (C=O) groups excluding carboxylic acids is 3. The second-order valence-corrected chi connectivity index (χ2v) is 7.84. The summed E-state index contributed by atoms with van der Waals surface area (Å²) < 4.78 is 10.9. The quantitative estimate of drug-likeness (QED) is 0.315. The molecule has 8 nitrogen and oxygen atoms in total. The lowest BCUT2D eigenvalue weighted by Gasteiger charge is -2.27. The minimum Gasteiger partial charge on any atom is -0.507 e. The molecule has 1 aliphatic rings. The average molecular weight is 472 g/mol. The number of ketones is 1. The summed E-state index contributed by atoms with van der Waals surface area (Å²) >= 11 is 0. The molecule has 1 saturated heterocycles. The molecule has 1 atom stereocenters. The van der Waals surface area contributed by atoms with E-state index in [1.54, 1.807) is 72.8 Å². The molecular formula is C27H24N2O6. The zero-order valence-corrected chi connectivity index (χ0v) is 19.4. The van der Waals surface area contributed by atoms with Crippen molar-refractivity contribution in [3.63, 3.8) is 0 Å².